The monoisotopic (exact) mass is 314 g/mol. The van der Waals surface area contributed by atoms with E-state index < -0.39 is 0 Å². The van der Waals surface area contributed by atoms with Gasteiger partial charge in [0.15, 0.2) is 5.11 Å². The lowest BCUT2D eigenvalue weighted by Crippen LogP contribution is -2.46. The summed E-state index contributed by atoms with van der Waals surface area (Å²) in [5.41, 5.74) is 1.06. The first-order valence-corrected chi connectivity index (χ1v) is 9.28. The van der Waals surface area contributed by atoms with Crippen molar-refractivity contribution >= 4 is 23.0 Å². The number of nitrogens with one attached hydrogen (secondary N) is 2. The summed E-state index contributed by atoms with van der Waals surface area (Å²) in [6.45, 7) is 1.02. The van der Waals surface area contributed by atoms with Crippen LogP contribution in [-0.4, -0.2) is 11.7 Å². The lowest BCUT2D eigenvalue weighted by Gasteiger charge is -2.54. The second-order valence-corrected chi connectivity index (χ2v) is 8.04. The minimum Gasteiger partial charge on any atom is -0.362 e. The summed E-state index contributed by atoms with van der Waals surface area (Å²) in [7, 11) is 0. The third-order valence-corrected chi connectivity index (χ3v) is 6.46. The van der Waals surface area contributed by atoms with Gasteiger partial charge in [-0.15, -0.1) is 0 Å². The highest BCUT2D eigenvalue weighted by Gasteiger charge is 2.47. The van der Waals surface area contributed by atoms with Crippen molar-refractivity contribution in [3.05, 3.63) is 30.3 Å². The van der Waals surface area contributed by atoms with Crippen molar-refractivity contribution in [1.29, 1.82) is 0 Å². The van der Waals surface area contributed by atoms with E-state index in [4.69, 9.17) is 12.2 Å². The maximum Gasteiger partial charge on any atom is 0.170 e. The van der Waals surface area contributed by atoms with Gasteiger partial charge >= 0.3 is 0 Å². The van der Waals surface area contributed by atoms with Gasteiger partial charge in [0.25, 0.3) is 0 Å². The van der Waals surface area contributed by atoms with Gasteiger partial charge in [0, 0.05) is 12.2 Å². The SMILES string of the molecule is S=C(NCCC1C2CC3CC(C2)CC1C3)Nc1ccccc1. The Kier molecular flexibility index (Phi) is 4.08. The third-order valence-electron chi connectivity index (χ3n) is 6.22. The maximum absolute atomic E-state index is 5.41. The summed E-state index contributed by atoms with van der Waals surface area (Å²) >= 11 is 5.41. The van der Waals surface area contributed by atoms with Crippen molar-refractivity contribution < 1.29 is 0 Å². The Labute approximate surface area is 139 Å². The van der Waals surface area contributed by atoms with E-state index >= 15 is 0 Å². The van der Waals surface area contributed by atoms with Gasteiger partial charge in [0.1, 0.15) is 0 Å². The molecule has 1 aromatic rings. The lowest BCUT2D eigenvalue weighted by molar-refractivity contribution is -0.0389. The predicted molar refractivity (Wildman–Crippen MR) is 95.8 cm³/mol. The normalized spacial score (nSPS) is 35.4. The zero-order valence-electron chi connectivity index (χ0n) is 13.1. The average molecular weight is 314 g/mol. The van der Waals surface area contributed by atoms with Crippen LogP contribution < -0.4 is 10.6 Å². The molecule has 0 atom stereocenters. The number of rotatable bonds is 4. The van der Waals surface area contributed by atoms with Gasteiger partial charge < -0.3 is 10.6 Å². The van der Waals surface area contributed by atoms with Gasteiger partial charge in [-0.05, 0) is 92.5 Å². The number of benzene rings is 1. The average Bonchev–Trinajstić information content (AvgIpc) is 2.50. The van der Waals surface area contributed by atoms with E-state index in [-0.39, 0.29) is 0 Å². The molecule has 22 heavy (non-hydrogen) atoms. The molecule has 0 heterocycles. The van der Waals surface area contributed by atoms with Gasteiger partial charge in [0.05, 0.1) is 0 Å². The Morgan fingerprint density at radius 2 is 1.59 bits per heavy atom. The summed E-state index contributed by atoms with van der Waals surface area (Å²) in [5, 5.41) is 7.43. The van der Waals surface area contributed by atoms with Gasteiger partial charge in [-0.2, -0.15) is 0 Å². The van der Waals surface area contributed by atoms with Crippen LogP contribution in [0, 0.1) is 29.6 Å². The minimum atomic E-state index is 0.759. The first kappa shape index (κ1) is 14.5. The summed E-state index contributed by atoms with van der Waals surface area (Å²) in [4.78, 5) is 0. The number of hydrogen-bond acceptors (Lipinski definition) is 1. The molecule has 3 heteroatoms. The van der Waals surface area contributed by atoms with Crippen molar-refractivity contribution in [3.63, 3.8) is 0 Å². The highest BCUT2D eigenvalue weighted by molar-refractivity contribution is 7.80. The highest BCUT2D eigenvalue weighted by atomic mass is 32.1. The molecule has 0 amide bonds. The fourth-order valence-electron chi connectivity index (χ4n) is 5.56. The zero-order valence-corrected chi connectivity index (χ0v) is 13.9. The van der Waals surface area contributed by atoms with E-state index in [0.717, 1.165) is 46.9 Å². The van der Waals surface area contributed by atoms with E-state index in [9.17, 15) is 0 Å². The van der Waals surface area contributed by atoms with Crippen molar-refractivity contribution in [2.75, 3.05) is 11.9 Å². The summed E-state index contributed by atoms with van der Waals surface area (Å²) in [6.07, 6.45) is 8.91. The van der Waals surface area contributed by atoms with Crippen LogP contribution in [0.2, 0.25) is 0 Å². The van der Waals surface area contributed by atoms with E-state index in [1.165, 1.54) is 32.1 Å². The Hall–Kier alpha value is -1.09. The van der Waals surface area contributed by atoms with Gasteiger partial charge in [0.2, 0.25) is 0 Å². The number of hydrogen-bond donors (Lipinski definition) is 2. The van der Waals surface area contributed by atoms with Gasteiger partial charge in [-0.3, -0.25) is 0 Å². The molecule has 0 aliphatic heterocycles. The summed E-state index contributed by atoms with van der Waals surface area (Å²) < 4.78 is 0. The predicted octanol–water partition coefficient (Wildman–Crippen LogP) is 4.44. The molecule has 118 valence electrons. The molecule has 4 aliphatic rings. The second-order valence-electron chi connectivity index (χ2n) is 7.63. The number of para-hydroxylation sites is 1. The Morgan fingerprint density at radius 3 is 2.23 bits per heavy atom. The number of anilines is 1. The van der Waals surface area contributed by atoms with Crippen LogP contribution in [0.15, 0.2) is 30.3 Å². The quantitative estimate of drug-likeness (QED) is 0.804. The molecule has 0 spiro atoms. The molecule has 5 rings (SSSR count). The van der Waals surface area contributed by atoms with E-state index in [2.05, 4.69) is 10.6 Å². The molecule has 0 radical (unpaired) electrons. The molecule has 0 unspecified atom stereocenters. The Bertz CT molecular complexity index is 499. The molecular formula is C19H26N2S. The summed E-state index contributed by atoms with van der Waals surface area (Å²) in [5.74, 6) is 5.15. The molecule has 4 fully saturated rings. The van der Waals surface area contributed by atoms with Gasteiger partial charge in [-0.25, -0.2) is 0 Å². The number of thiocarbonyl (C=S) groups is 1. The first-order chi connectivity index (χ1) is 10.8. The van der Waals surface area contributed by atoms with Crippen molar-refractivity contribution in [2.24, 2.45) is 29.6 Å². The fraction of sp³-hybridized carbons (Fsp3) is 0.632. The molecule has 4 aliphatic carbocycles. The van der Waals surface area contributed by atoms with Crippen LogP contribution in [0.4, 0.5) is 5.69 Å². The molecule has 2 N–H and O–H groups in total. The van der Waals surface area contributed by atoms with Crippen LogP contribution >= 0.6 is 12.2 Å². The zero-order chi connectivity index (χ0) is 14.9. The molecule has 1 aromatic carbocycles. The van der Waals surface area contributed by atoms with Crippen LogP contribution in [0.25, 0.3) is 0 Å². The minimum absolute atomic E-state index is 0.759. The van der Waals surface area contributed by atoms with E-state index in [0.29, 0.717) is 0 Å². The maximum atomic E-state index is 5.41. The summed E-state index contributed by atoms with van der Waals surface area (Å²) in [6, 6.07) is 10.2. The molecule has 2 nitrogen and oxygen atoms in total. The molecule has 0 saturated heterocycles. The molecule has 4 bridgehead atoms. The molecular weight excluding hydrogens is 288 g/mol. The Balaban J connectivity index is 1.24. The van der Waals surface area contributed by atoms with Crippen LogP contribution in [0.5, 0.6) is 0 Å². The third kappa shape index (κ3) is 3.01. The topological polar surface area (TPSA) is 24.1 Å². The van der Waals surface area contributed by atoms with Crippen LogP contribution in [0.3, 0.4) is 0 Å². The van der Waals surface area contributed by atoms with Crippen molar-refractivity contribution in [3.8, 4) is 0 Å². The Morgan fingerprint density at radius 1 is 0.955 bits per heavy atom. The molecule has 0 aromatic heterocycles. The first-order valence-electron chi connectivity index (χ1n) is 8.88. The van der Waals surface area contributed by atoms with Crippen LogP contribution in [0.1, 0.15) is 38.5 Å². The van der Waals surface area contributed by atoms with Crippen LogP contribution in [-0.2, 0) is 0 Å². The largest absolute Gasteiger partial charge is 0.362 e. The van der Waals surface area contributed by atoms with E-state index in [1.807, 2.05) is 30.3 Å². The lowest BCUT2D eigenvalue weighted by atomic mass is 9.51. The standard InChI is InChI=1S/C19H26N2S/c22-19(21-17-4-2-1-3-5-17)20-7-6-18-15-9-13-8-14(11-15)12-16(18)10-13/h1-5,13-16,18H,6-12H2,(H2,20,21,22). The smallest absolute Gasteiger partial charge is 0.170 e. The fourth-order valence-corrected chi connectivity index (χ4v) is 5.78. The van der Waals surface area contributed by atoms with Gasteiger partial charge in [-0.1, -0.05) is 18.2 Å². The second kappa shape index (κ2) is 6.19. The highest BCUT2D eigenvalue weighted by Crippen LogP contribution is 2.57. The van der Waals surface area contributed by atoms with Crippen molar-refractivity contribution in [2.45, 2.75) is 38.5 Å². The van der Waals surface area contributed by atoms with Crippen molar-refractivity contribution in [1.82, 2.24) is 5.32 Å². The van der Waals surface area contributed by atoms with E-state index in [1.54, 1.807) is 6.42 Å². The molecule has 4 saturated carbocycles.